The predicted octanol–water partition coefficient (Wildman–Crippen LogP) is 1.01. The zero-order valence-electron chi connectivity index (χ0n) is 10.7. The molecule has 16 heavy (non-hydrogen) atoms. The fourth-order valence-electron chi connectivity index (χ4n) is 3.10. The van der Waals surface area contributed by atoms with Gasteiger partial charge in [0.05, 0.1) is 0 Å². The summed E-state index contributed by atoms with van der Waals surface area (Å²) in [6.07, 6.45) is 5.65. The normalized spacial score (nSPS) is 28.7. The van der Waals surface area contributed by atoms with Crippen molar-refractivity contribution >= 4 is 0 Å². The molecule has 0 aromatic heterocycles. The van der Waals surface area contributed by atoms with Gasteiger partial charge in [0.15, 0.2) is 0 Å². The molecule has 0 spiro atoms. The second kappa shape index (κ2) is 6.58. The van der Waals surface area contributed by atoms with E-state index in [2.05, 4.69) is 22.2 Å². The summed E-state index contributed by atoms with van der Waals surface area (Å²) in [5, 5.41) is 3.32. The number of piperidine rings is 1. The van der Waals surface area contributed by atoms with E-state index >= 15 is 0 Å². The standard InChI is InChI=1S/C13H27N3/c1-14-11-13-5-4-8-16(12-13)10-9-15-6-2-3-7-15/h13-14H,2-12H2,1H3. The summed E-state index contributed by atoms with van der Waals surface area (Å²) >= 11 is 0. The van der Waals surface area contributed by atoms with Gasteiger partial charge >= 0.3 is 0 Å². The minimum absolute atomic E-state index is 0.886. The zero-order chi connectivity index (χ0) is 11.2. The van der Waals surface area contributed by atoms with Crippen LogP contribution in [0.15, 0.2) is 0 Å². The first-order valence-electron chi connectivity index (χ1n) is 6.98. The summed E-state index contributed by atoms with van der Waals surface area (Å²) < 4.78 is 0. The summed E-state index contributed by atoms with van der Waals surface area (Å²) in [4.78, 5) is 5.30. The van der Waals surface area contributed by atoms with E-state index in [0.29, 0.717) is 0 Å². The van der Waals surface area contributed by atoms with Crippen LogP contribution in [0.5, 0.6) is 0 Å². The minimum atomic E-state index is 0.886. The van der Waals surface area contributed by atoms with Gasteiger partial charge in [0, 0.05) is 19.6 Å². The van der Waals surface area contributed by atoms with Crippen molar-refractivity contribution in [3.05, 3.63) is 0 Å². The summed E-state index contributed by atoms with van der Waals surface area (Å²) in [5.41, 5.74) is 0. The van der Waals surface area contributed by atoms with Crippen LogP contribution < -0.4 is 5.32 Å². The highest BCUT2D eigenvalue weighted by atomic mass is 15.2. The second-order valence-corrected chi connectivity index (χ2v) is 5.42. The number of likely N-dealkylation sites (tertiary alicyclic amines) is 2. The van der Waals surface area contributed by atoms with Crippen molar-refractivity contribution < 1.29 is 0 Å². The highest BCUT2D eigenvalue weighted by Crippen LogP contribution is 2.16. The summed E-state index contributed by atoms with van der Waals surface area (Å²) in [6, 6.07) is 0. The van der Waals surface area contributed by atoms with Gasteiger partial charge in [0.2, 0.25) is 0 Å². The first kappa shape index (κ1) is 12.3. The number of hydrogen-bond donors (Lipinski definition) is 1. The van der Waals surface area contributed by atoms with Crippen LogP contribution in [0.2, 0.25) is 0 Å². The van der Waals surface area contributed by atoms with Crippen molar-refractivity contribution in [3.63, 3.8) is 0 Å². The molecule has 0 aliphatic carbocycles. The van der Waals surface area contributed by atoms with Crippen molar-refractivity contribution in [1.29, 1.82) is 0 Å². The van der Waals surface area contributed by atoms with Crippen molar-refractivity contribution in [2.24, 2.45) is 5.92 Å². The zero-order valence-corrected chi connectivity index (χ0v) is 10.7. The second-order valence-electron chi connectivity index (χ2n) is 5.42. The van der Waals surface area contributed by atoms with Gasteiger partial charge in [0.25, 0.3) is 0 Å². The Bertz CT molecular complexity index is 188. The van der Waals surface area contributed by atoms with Crippen molar-refractivity contribution in [2.75, 3.05) is 52.9 Å². The molecule has 2 saturated heterocycles. The van der Waals surface area contributed by atoms with E-state index < -0.39 is 0 Å². The predicted molar refractivity (Wildman–Crippen MR) is 68.8 cm³/mol. The van der Waals surface area contributed by atoms with Crippen LogP contribution in [0, 0.1) is 5.92 Å². The minimum Gasteiger partial charge on any atom is -0.319 e. The van der Waals surface area contributed by atoms with Crippen LogP contribution in [0.25, 0.3) is 0 Å². The molecular formula is C13H27N3. The maximum atomic E-state index is 3.32. The van der Waals surface area contributed by atoms with Gasteiger partial charge in [-0.25, -0.2) is 0 Å². The molecule has 2 rings (SSSR count). The smallest absolute Gasteiger partial charge is 0.0109 e. The van der Waals surface area contributed by atoms with Crippen molar-refractivity contribution in [1.82, 2.24) is 15.1 Å². The molecular weight excluding hydrogens is 198 g/mol. The lowest BCUT2D eigenvalue weighted by atomic mass is 9.98. The first-order valence-corrected chi connectivity index (χ1v) is 6.98. The number of nitrogens with one attached hydrogen (secondary N) is 1. The molecule has 2 aliphatic heterocycles. The largest absolute Gasteiger partial charge is 0.319 e. The van der Waals surface area contributed by atoms with E-state index in [1.807, 2.05) is 0 Å². The highest BCUT2D eigenvalue weighted by molar-refractivity contribution is 4.76. The molecule has 1 atom stereocenters. The monoisotopic (exact) mass is 225 g/mol. The SMILES string of the molecule is CNCC1CCCN(CCN2CCCC2)C1. The van der Waals surface area contributed by atoms with Crippen molar-refractivity contribution in [2.45, 2.75) is 25.7 Å². The Balaban J connectivity index is 1.64. The quantitative estimate of drug-likeness (QED) is 0.753. The van der Waals surface area contributed by atoms with Gasteiger partial charge < -0.3 is 15.1 Å². The van der Waals surface area contributed by atoms with E-state index in [-0.39, 0.29) is 0 Å². The van der Waals surface area contributed by atoms with Gasteiger partial charge in [-0.05, 0) is 64.8 Å². The number of rotatable bonds is 5. The Morgan fingerprint density at radius 1 is 1.00 bits per heavy atom. The molecule has 3 heteroatoms. The van der Waals surface area contributed by atoms with Crippen molar-refractivity contribution in [3.8, 4) is 0 Å². The summed E-state index contributed by atoms with van der Waals surface area (Å²) in [5.74, 6) is 0.886. The molecule has 2 fully saturated rings. The summed E-state index contributed by atoms with van der Waals surface area (Å²) in [6.45, 7) is 9.11. The third kappa shape index (κ3) is 3.72. The van der Waals surface area contributed by atoms with Crippen LogP contribution in [0.4, 0.5) is 0 Å². The van der Waals surface area contributed by atoms with Crippen LogP contribution in [0.1, 0.15) is 25.7 Å². The molecule has 0 saturated carbocycles. The Kier molecular flexibility index (Phi) is 5.07. The third-order valence-electron chi connectivity index (χ3n) is 4.03. The molecule has 0 bridgehead atoms. The molecule has 1 N–H and O–H groups in total. The van der Waals surface area contributed by atoms with E-state index in [9.17, 15) is 0 Å². The van der Waals surface area contributed by atoms with Crippen LogP contribution >= 0.6 is 0 Å². The molecule has 94 valence electrons. The molecule has 0 radical (unpaired) electrons. The molecule has 2 aliphatic rings. The van der Waals surface area contributed by atoms with E-state index in [4.69, 9.17) is 0 Å². The first-order chi connectivity index (χ1) is 7.88. The fourth-order valence-corrected chi connectivity index (χ4v) is 3.10. The van der Waals surface area contributed by atoms with Crippen LogP contribution in [-0.4, -0.2) is 62.7 Å². The van der Waals surface area contributed by atoms with E-state index in [0.717, 1.165) is 5.92 Å². The summed E-state index contributed by atoms with van der Waals surface area (Å²) in [7, 11) is 2.07. The Morgan fingerprint density at radius 2 is 1.69 bits per heavy atom. The molecule has 3 nitrogen and oxygen atoms in total. The van der Waals surface area contributed by atoms with Crippen LogP contribution in [-0.2, 0) is 0 Å². The molecule has 0 aromatic rings. The Hall–Kier alpha value is -0.120. The highest BCUT2D eigenvalue weighted by Gasteiger charge is 2.20. The topological polar surface area (TPSA) is 18.5 Å². The molecule has 1 unspecified atom stereocenters. The lowest BCUT2D eigenvalue weighted by Crippen LogP contribution is -2.42. The molecule has 0 aromatic carbocycles. The average molecular weight is 225 g/mol. The fraction of sp³-hybridized carbons (Fsp3) is 1.00. The van der Waals surface area contributed by atoms with Gasteiger partial charge in [-0.1, -0.05) is 0 Å². The average Bonchev–Trinajstić information content (AvgIpc) is 2.80. The maximum absolute atomic E-state index is 3.32. The third-order valence-corrected chi connectivity index (χ3v) is 4.03. The van der Waals surface area contributed by atoms with Gasteiger partial charge in [-0.2, -0.15) is 0 Å². The maximum Gasteiger partial charge on any atom is 0.0109 e. The lowest BCUT2D eigenvalue weighted by molar-refractivity contribution is 0.155. The van der Waals surface area contributed by atoms with Crippen LogP contribution in [0.3, 0.4) is 0 Å². The molecule has 0 amide bonds. The van der Waals surface area contributed by atoms with Gasteiger partial charge in [0.1, 0.15) is 0 Å². The molecule has 2 heterocycles. The van der Waals surface area contributed by atoms with Gasteiger partial charge in [-0.15, -0.1) is 0 Å². The number of nitrogens with zero attached hydrogens (tertiary/aromatic N) is 2. The van der Waals surface area contributed by atoms with E-state index in [1.165, 1.54) is 71.5 Å². The van der Waals surface area contributed by atoms with E-state index in [1.54, 1.807) is 0 Å². The number of hydrogen-bond acceptors (Lipinski definition) is 3. The Labute approximate surface area is 100 Å². The van der Waals surface area contributed by atoms with Gasteiger partial charge in [-0.3, -0.25) is 0 Å². The lowest BCUT2D eigenvalue weighted by Gasteiger charge is -2.33. The Morgan fingerprint density at radius 3 is 2.44 bits per heavy atom.